The molecule has 0 radical (unpaired) electrons. The van der Waals surface area contributed by atoms with Gasteiger partial charge in [0.05, 0.1) is 6.10 Å². The molecule has 0 spiro atoms. The molecular weight excluding hydrogens is 214 g/mol. The van der Waals surface area contributed by atoms with Gasteiger partial charge in [-0.3, -0.25) is 4.79 Å². The van der Waals surface area contributed by atoms with Crippen LogP contribution in [0.5, 0.6) is 0 Å². The predicted octanol–water partition coefficient (Wildman–Crippen LogP) is 2.06. The summed E-state index contributed by atoms with van der Waals surface area (Å²) in [6.45, 7) is 8.23. The number of nitrogens with zero attached hydrogens (tertiary/aromatic N) is 1. The van der Waals surface area contributed by atoms with Crippen LogP contribution in [-0.2, 0) is 9.53 Å². The van der Waals surface area contributed by atoms with Crippen molar-refractivity contribution in [2.75, 3.05) is 19.7 Å². The molecule has 0 aromatic carbocycles. The number of hydrogen-bond acceptors (Lipinski definition) is 2. The van der Waals surface area contributed by atoms with Crippen molar-refractivity contribution < 1.29 is 9.53 Å². The van der Waals surface area contributed by atoms with Gasteiger partial charge in [-0.05, 0) is 12.8 Å². The van der Waals surface area contributed by atoms with Crippen LogP contribution in [0.1, 0.15) is 40.0 Å². The number of amides is 1. The summed E-state index contributed by atoms with van der Waals surface area (Å²) in [6.07, 6.45) is 2.76. The van der Waals surface area contributed by atoms with Crippen LogP contribution in [0.2, 0.25) is 0 Å². The van der Waals surface area contributed by atoms with Crippen molar-refractivity contribution in [1.29, 1.82) is 0 Å². The molecule has 1 rings (SSSR count). The minimum absolute atomic E-state index is 0.253. The van der Waals surface area contributed by atoms with Crippen LogP contribution >= 0.6 is 0 Å². The van der Waals surface area contributed by atoms with Crippen LogP contribution in [0.25, 0.3) is 0 Å². The fourth-order valence-corrected chi connectivity index (χ4v) is 1.90. The van der Waals surface area contributed by atoms with Gasteiger partial charge in [-0.1, -0.05) is 32.6 Å². The second-order valence-electron chi connectivity index (χ2n) is 4.72. The van der Waals surface area contributed by atoms with E-state index in [1.54, 1.807) is 0 Å². The number of carbonyl (C=O) groups is 1. The smallest absolute Gasteiger partial charge is 0.222 e. The lowest BCUT2D eigenvalue weighted by molar-refractivity contribution is -0.133. The van der Waals surface area contributed by atoms with Gasteiger partial charge >= 0.3 is 0 Å². The number of rotatable bonds is 3. The Hall–Kier alpha value is -1.01. The maximum absolute atomic E-state index is 11.5. The number of carbonyl (C=O) groups excluding carboxylic acids is 1. The van der Waals surface area contributed by atoms with Crippen LogP contribution < -0.4 is 0 Å². The highest BCUT2D eigenvalue weighted by molar-refractivity contribution is 5.75. The summed E-state index contributed by atoms with van der Waals surface area (Å²) in [7, 11) is 0. The van der Waals surface area contributed by atoms with E-state index >= 15 is 0 Å². The lowest BCUT2D eigenvalue weighted by Gasteiger charge is -2.31. The lowest BCUT2D eigenvalue weighted by Crippen LogP contribution is -2.40. The third-order valence-corrected chi connectivity index (χ3v) is 2.88. The Morgan fingerprint density at radius 1 is 1.41 bits per heavy atom. The predicted molar refractivity (Wildman–Crippen MR) is 68.5 cm³/mol. The van der Waals surface area contributed by atoms with E-state index in [9.17, 15) is 4.79 Å². The molecule has 1 aliphatic rings. The molecule has 3 nitrogen and oxygen atoms in total. The molecule has 1 fully saturated rings. The van der Waals surface area contributed by atoms with Gasteiger partial charge in [0.1, 0.15) is 6.61 Å². The van der Waals surface area contributed by atoms with E-state index < -0.39 is 0 Å². The monoisotopic (exact) mass is 237 g/mol. The molecule has 1 saturated heterocycles. The summed E-state index contributed by atoms with van der Waals surface area (Å²) in [6, 6.07) is 0. The SMILES string of the molecule is CCC(=O)N1CCC(OCC#CC(C)C)CC1. The third-order valence-electron chi connectivity index (χ3n) is 2.88. The first-order valence-corrected chi connectivity index (χ1v) is 6.51. The van der Waals surface area contributed by atoms with Gasteiger partial charge in [0.25, 0.3) is 0 Å². The molecule has 0 aromatic heterocycles. The maximum Gasteiger partial charge on any atom is 0.222 e. The van der Waals surface area contributed by atoms with Crippen LogP contribution in [-0.4, -0.2) is 36.6 Å². The Kier molecular flexibility index (Phi) is 6.07. The molecule has 1 heterocycles. The van der Waals surface area contributed by atoms with Gasteiger partial charge in [-0.2, -0.15) is 0 Å². The summed E-state index contributed by atoms with van der Waals surface area (Å²) in [5.41, 5.74) is 0. The molecule has 96 valence electrons. The zero-order valence-electron chi connectivity index (χ0n) is 11.2. The summed E-state index contributed by atoms with van der Waals surface area (Å²) in [5.74, 6) is 6.76. The minimum atomic E-state index is 0.253. The first-order valence-electron chi connectivity index (χ1n) is 6.51. The van der Waals surface area contributed by atoms with Gasteiger partial charge in [-0.15, -0.1) is 0 Å². The topological polar surface area (TPSA) is 29.5 Å². The number of piperidine rings is 1. The van der Waals surface area contributed by atoms with E-state index in [0.717, 1.165) is 25.9 Å². The molecule has 0 N–H and O–H groups in total. The van der Waals surface area contributed by atoms with E-state index in [1.807, 2.05) is 11.8 Å². The van der Waals surface area contributed by atoms with Gasteiger partial charge < -0.3 is 9.64 Å². The second kappa shape index (κ2) is 7.34. The summed E-state index contributed by atoms with van der Waals surface area (Å²) in [5, 5.41) is 0. The maximum atomic E-state index is 11.5. The summed E-state index contributed by atoms with van der Waals surface area (Å²) < 4.78 is 5.68. The molecule has 1 amide bonds. The van der Waals surface area contributed by atoms with Gasteiger partial charge in [0.2, 0.25) is 5.91 Å². The Morgan fingerprint density at radius 2 is 2.06 bits per heavy atom. The van der Waals surface area contributed by atoms with Crippen LogP contribution in [0.15, 0.2) is 0 Å². The van der Waals surface area contributed by atoms with Crippen molar-refractivity contribution in [2.24, 2.45) is 5.92 Å². The van der Waals surface area contributed by atoms with E-state index in [2.05, 4.69) is 25.7 Å². The highest BCUT2D eigenvalue weighted by Crippen LogP contribution is 2.14. The molecule has 0 unspecified atom stereocenters. The van der Waals surface area contributed by atoms with Crippen molar-refractivity contribution in [3.63, 3.8) is 0 Å². The Balaban J connectivity index is 2.20. The third kappa shape index (κ3) is 5.23. The zero-order chi connectivity index (χ0) is 12.7. The fraction of sp³-hybridized carbons (Fsp3) is 0.786. The van der Waals surface area contributed by atoms with Gasteiger partial charge in [-0.25, -0.2) is 0 Å². The number of likely N-dealkylation sites (tertiary alicyclic amines) is 1. The number of ether oxygens (including phenoxy) is 1. The van der Waals surface area contributed by atoms with Crippen LogP contribution in [0, 0.1) is 17.8 Å². The zero-order valence-corrected chi connectivity index (χ0v) is 11.2. The Morgan fingerprint density at radius 3 is 2.59 bits per heavy atom. The van der Waals surface area contributed by atoms with E-state index in [1.165, 1.54) is 0 Å². The van der Waals surface area contributed by atoms with Crippen molar-refractivity contribution in [1.82, 2.24) is 4.90 Å². The van der Waals surface area contributed by atoms with Crippen molar-refractivity contribution in [3.8, 4) is 11.8 Å². The molecule has 0 saturated carbocycles. The van der Waals surface area contributed by atoms with Crippen LogP contribution in [0.3, 0.4) is 0 Å². The fourth-order valence-electron chi connectivity index (χ4n) is 1.90. The molecule has 0 aliphatic carbocycles. The van der Waals surface area contributed by atoms with Crippen molar-refractivity contribution in [3.05, 3.63) is 0 Å². The van der Waals surface area contributed by atoms with Crippen molar-refractivity contribution >= 4 is 5.91 Å². The molecule has 17 heavy (non-hydrogen) atoms. The largest absolute Gasteiger partial charge is 0.365 e. The number of hydrogen-bond donors (Lipinski definition) is 0. The minimum Gasteiger partial charge on any atom is -0.365 e. The molecule has 0 aromatic rings. The average Bonchev–Trinajstić information content (AvgIpc) is 2.34. The standard InChI is InChI=1S/C14H23NO2/c1-4-14(16)15-9-7-13(8-10-15)17-11-5-6-12(2)3/h12-13H,4,7-11H2,1-3H3. The second-order valence-corrected chi connectivity index (χ2v) is 4.72. The quantitative estimate of drug-likeness (QED) is 0.703. The van der Waals surface area contributed by atoms with E-state index in [0.29, 0.717) is 18.9 Å². The van der Waals surface area contributed by atoms with E-state index in [4.69, 9.17) is 4.74 Å². The summed E-state index contributed by atoms with van der Waals surface area (Å²) >= 11 is 0. The molecular formula is C14H23NO2. The van der Waals surface area contributed by atoms with E-state index in [-0.39, 0.29) is 12.0 Å². The molecule has 1 aliphatic heterocycles. The summed E-state index contributed by atoms with van der Waals surface area (Å²) in [4.78, 5) is 13.4. The van der Waals surface area contributed by atoms with Crippen LogP contribution in [0.4, 0.5) is 0 Å². The first-order chi connectivity index (χ1) is 8.13. The highest BCUT2D eigenvalue weighted by atomic mass is 16.5. The van der Waals surface area contributed by atoms with Gasteiger partial charge in [0, 0.05) is 25.4 Å². The molecule has 0 atom stereocenters. The van der Waals surface area contributed by atoms with Gasteiger partial charge in [0.15, 0.2) is 0 Å². The molecule has 0 bridgehead atoms. The molecule has 3 heteroatoms. The Bertz CT molecular complexity index is 293. The average molecular weight is 237 g/mol. The first kappa shape index (κ1) is 14.1. The highest BCUT2D eigenvalue weighted by Gasteiger charge is 2.21. The normalized spacial score (nSPS) is 16.8. The lowest BCUT2D eigenvalue weighted by atomic mass is 10.1. The van der Waals surface area contributed by atoms with Crippen molar-refractivity contribution in [2.45, 2.75) is 46.1 Å². The Labute approximate surface area is 105 Å².